The molecule has 1 heterocycles. The molecule has 2 rings (SSSR count). The summed E-state index contributed by atoms with van der Waals surface area (Å²) in [5.41, 5.74) is 2.99. The summed E-state index contributed by atoms with van der Waals surface area (Å²) in [5, 5.41) is 15.0. The Kier molecular flexibility index (Phi) is 3.72. The lowest BCUT2D eigenvalue weighted by Gasteiger charge is -2.15. The quantitative estimate of drug-likeness (QED) is 0.825. The highest BCUT2D eigenvalue weighted by atomic mass is 32.1. The lowest BCUT2D eigenvalue weighted by molar-refractivity contribution is 0.177. The smallest absolute Gasteiger partial charge is 0.0795 e. The van der Waals surface area contributed by atoms with Gasteiger partial charge in [-0.1, -0.05) is 0 Å². The van der Waals surface area contributed by atoms with Crippen molar-refractivity contribution in [1.29, 1.82) is 0 Å². The number of aliphatic hydroxyl groups is 1. The number of thiazole rings is 1. The minimum atomic E-state index is -0.0635. The molecule has 0 saturated heterocycles. The van der Waals surface area contributed by atoms with Gasteiger partial charge in [-0.2, -0.15) is 0 Å². The Morgan fingerprint density at radius 1 is 1.67 bits per heavy atom. The zero-order valence-corrected chi connectivity index (χ0v) is 9.83. The fraction of sp³-hybridized carbons (Fsp3) is 0.727. The SMILES string of the molecule is CC(NCC1CCC(O)C1)c1cscn1. The molecule has 0 aromatic carbocycles. The summed E-state index contributed by atoms with van der Waals surface area (Å²) in [5.74, 6) is 0.640. The molecule has 0 spiro atoms. The van der Waals surface area contributed by atoms with E-state index in [0.717, 1.165) is 31.5 Å². The lowest BCUT2D eigenvalue weighted by atomic mass is 10.1. The van der Waals surface area contributed by atoms with Gasteiger partial charge in [0.05, 0.1) is 17.3 Å². The first-order chi connectivity index (χ1) is 7.25. The largest absolute Gasteiger partial charge is 0.393 e. The van der Waals surface area contributed by atoms with E-state index in [1.54, 1.807) is 11.3 Å². The topological polar surface area (TPSA) is 45.1 Å². The van der Waals surface area contributed by atoms with Crippen LogP contribution in [0.2, 0.25) is 0 Å². The molecular formula is C11H18N2OS. The minimum Gasteiger partial charge on any atom is -0.393 e. The van der Waals surface area contributed by atoms with Crippen molar-refractivity contribution in [2.24, 2.45) is 5.92 Å². The van der Waals surface area contributed by atoms with E-state index in [9.17, 15) is 5.11 Å². The number of nitrogens with one attached hydrogen (secondary N) is 1. The molecular weight excluding hydrogens is 208 g/mol. The van der Waals surface area contributed by atoms with Crippen molar-refractivity contribution in [2.45, 2.75) is 38.3 Å². The van der Waals surface area contributed by atoms with Gasteiger partial charge in [-0.05, 0) is 38.6 Å². The zero-order valence-electron chi connectivity index (χ0n) is 9.02. The van der Waals surface area contributed by atoms with Crippen molar-refractivity contribution in [1.82, 2.24) is 10.3 Å². The van der Waals surface area contributed by atoms with Crippen molar-refractivity contribution < 1.29 is 5.11 Å². The first-order valence-corrected chi connectivity index (χ1v) is 6.49. The van der Waals surface area contributed by atoms with Crippen LogP contribution in [0.1, 0.15) is 37.9 Å². The van der Waals surface area contributed by atoms with Gasteiger partial charge >= 0.3 is 0 Å². The number of hydrogen-bond donors (Lipinski definition) is 2. The normalized spacial score (nSPS) is 28.1. The minimum absolute atomic E-state index is 0.0635. The Morgan fingerprint density at radius 2 is 2.53 bits per heavy atom. The standard InChI is InChI=1S/C11H18N2OS/c1-8(11-6-15-7-13-11)12-5-9-2-3-10(14)4-9/h6-10,12,14H,2-5H2,1H3. The molecule has 0 bridgehead atoms. The summed E-state index contributed by atoms with van der Waals surface area (Å²) < 4.78 is 0. The third-order valence-electron chi connectivity index (χ3n) is 3.12. The predicted molar refractivity (Wildman–Crippen MR) is 61.9 cm³/mol. The van der Waals surface area contributed by atoms with Crippen molar-refractivity contribution in [3.8, 4) is 0 Å². The van der Waals surface area contributed by atoms with Crippen molar-refractivity contribution in [2.75, 3.05) is 6.54 Å². The molecule has 0 amide bonds. The van der Waals surface area contributed by atoms with Crippen LogP contribution in [-0.4, -0.2) is 22.7 Å². The van der Waals surface area contributed by atoms with E-state index in [1.165, 1.54) is 0 Å². The van der Waals surface area contributed by atoms with Crippen LogP contribution < -0.4 is 5.32 Å². The Hall–Kier alpha value is -0.450. The zero-order chi connectivity index (χ0) is 10.7. The third-order valence-corrected chi connectivity index (χ3v) is 3.73. The first-order valence-electron chi connectivity index (χ1n) is 5.55. The molecule has 1 fully saturated rings. The molecule has 1 aliphatic rings. The second kappa shape index (κ2) is 5.05. The van der Waals surface area contributed by atoms with Crippen LogP contribution in [0.5, 0.6) is 0 Å². The molecule has 1 saturated carbocycles. The second-order valence-electron chi connectivity index (χ2n) is 4.38. The fourth-order valence-corrected chi connectivity index (χ4v) is 2.77. The van der Waals surface area contributed by atoms with E-state index in [1.807, 2.05) is 5.51 Å². The summed E-state index contributed by atoms with van der Waals surface area (Å²) in [7, 11) is 0. The molecule has 1 aromatic heterocycles. The summed E-state index contributed by atoms with van der Waals surface area (Å²) >= 11 is 1.64. The number of aliphatic hydroxyl groups excluding tert-OH is 1. The number of hydrogen-bond acceptors (Lipinski definition) is 4. The average molecular weight is 226 g/mol. The highest BCUT2D eigenvalue weighted by Crippen LogP contribution is 2.25. The van der Waals surface area contributed by atoms with E-state index in [2.05, 4.69) is 22.6 Å². The first kappa shape index (κ1) is 11.0. The molecule has 2 N–H and O–H groups in total. The van der Waals surface area contributed by atoms with E-state index < -0.39 is 0 Å². The van der Waals surface area contributed by atoms with Gasteiger partial charge < -0.3 is 10.4 Å². The molecule has 15 heavy (non-hydrogen) atoms. The van der Waals surface area contributed by atoms with Gasteiger partial charge in [-0.15, -0.1) is 11.3 Å². The summed E-state index contributed by atoms with van der Waals surface area (Å²) in [4.78, 5) is 4.28. The van der Waals surface area contributed by atoms with Crippen molar-refractivity contribution >= 4 is 11.3 Å². The van der Waals surface area contributed by atoms with Crippen molar-refractivity contribution in [3.05, 3.63) is 16.6 Å². The van der Waals surface area contributed by atoms with Gasteiger partial charge in [0.15, 0.2) is 0 Å². The number of rotatable bonds is 4. The maximum atomic E-state index is 9.41. The number of aromatic nitrogens is 1. The molecule has 4 heteroatoms. The molecule has 3 unspecified atom stereocenters. The molecule has 0 radical (unpaired) electrons. The Bertz CT molecular complexity index is 289. The Balaban J connectivity index is 1.74. The van der Waals surface area contributed by atoms with Crippen LogP contribution in [0.15, 0.2) is 10.9 Å². The molecule has 3 nitrogen and oxygen atoms in total. The maximum absolute atomic E-state index is 9.41. The van der Waals surface area contributed by atoms with Crippen LogP contribution in [-0.2, 0) is 0 Å². The molecule has 1 aromatic rings. The fourth-order valence-electron chi connectivity index (χ4n) is 2.12. The highest BCUT2D eigenvalue weighted by molar-refractivity contribution is 7.07. The number of nitrogens with zero attached hydrogens (tertiary/aromatic N) is 1. The van der Waals surface area contributed by atoms with E-state index in [0.29, 0.717) is 12.0 Å². The van der Waals surface area contributed by atoms with E-state index in [4.69, 9.17) is 0 Å². The molecule has 84 valence electrons. The van der Waals surface area contributed by atoms with Gasteiger partial charge in [0.2, 0.25) is 0 Å². The van der Waals surface area contributed by atoms with Crippen molar-refractivity contribution in [3.63, 3.8) is 0 Å². The van der Waals surface area contributed by atoms with Crippen LogP contribution >= 0.6 is 11.3 Å². The van der Waals surface area contributed by atoms with E-state index >= 15 is 0 Å². The second-order valence-corrected chi connectivity index (χ2v) is 5.09. The van der Waals surface area contributed by atoms with Gasteiger partial charge in [-0.25, -0.2) is 4.98 Å². The van der Waals surface area contributed by atoms with Gasteiger partial charge in [0.1, 0.15) is 0 Å². The van der Waals surface area contributed by atoms with E-state index in [-0.39, 0.29) is 6.10 Å². The molecule has 3 atom stereocenters. The predicted octanol–water partition coefficient (Wildman–Crippen LogP) is 1.95. The summed E-state index contributed by atoms with van der Waals surface area (Å²) in [6.07, 6.45) is 3.01. The summed E-state index contributed by atoms with van der Waals surface area (Å²) in [6, 6.07) is 0.328. The average Bonchev–Trinajstić information content (AvgIpc) is 2.84. The van der Waals surface area contributed by atoms with Gasteiger partial charge in [-0.3, -0.25) is 0 Å². The highest BCUT2D eigenvalue weighted by Gasteiger charge is 2.22. The summed E-state index contributed by atoms with van der Waals surface area (Å²) in [6.45, 7) is 3.14. The Labute approximate surface area is 94.5 Å². The van der Waals surface area contributed by atoms with Crippen LogP contribution in [0, 0.1) is 5.92 Å². The van der Waals surface area contributed by atoms with Gasteiger partial charge in [0.25, 0.3) is 0 Å². The Morgan fingerprint density at radius 3 is 3.13 bits per heavy atom. The van der Waals surface area contributed by atoms with Crippen LogP contribution in [0.4, 0.5) is 0 Å². The third kappa shape index (κ3) is 3.00. The lowest BCUT2D eigenvalue weighted by Crippen LogP contribution is -2.25. The van der Waals surface area contributed by atoms with Crippen LogP contribution in [0.3, 0.4) is 0 Å². The van der Waals surface area contributed by atoms with Gasteiger partial charge in [0, 0.05) is 11.4 Å². The monoisotopic (exact) mass is 226 g/mol. The molecule has 1 aliphatic carbocycles. The molecule has 0 aliphatic heterocycles. The maximum Gasteiger partial charge on any atom is 0.0795 e. The van der Waals surface area contributed by atoms with Crippen LogP contribution in [0.25, 0.3) is 0 Å².